The van der Waals surface area contributed by atoms with Crippen LogP contribution in [-0.2, 0) is 33.3 Å². The van der Waals surface area contributed by atoms with Gasteiger partial charge >= 0.3 is 12.3 Å². The summed E-state index contributed by atoms with van der Waals surface area (Å²) in [5.74, 6) is 0. The number of benzene rings is 1. The monoisotopic (exact) mass is 447 g/mol. The van der Waals surface area contributed by atoms with Crippen LogP contribution in [-0.4, -0.2) is 21.4 Å². The number of hydrogen-bond acceptors (Lipinski definition) is 5. The highest BCUT2D eigenvalue weighted by molar-refractivity contribution is 9.10. The van der Waals surface area contributed by atoms with Crippen molar-refractivity contribution in [1.82, 2.24) is 9.13 Å². The lowest BCUT2D eigenvalue weighted by Crippen LogP contribution is -1.85. The van der Waals surface area contributed by atoms with Crippen LogP contribution < -0.4 is 5.73 Å². The molecule has 3 aromatic rings. The van der Waals surface area contributed by atoms with Gasteiger partial charge in [-0.05, 0) is 65.2 Å². The normalized spacial score (nSPS) is 8.61. The van der Waals surface area contributed by atoms with Crippen molar-refractivity contribution in [2.24, 2.45) is 14.1 Å². The van der Waals surface area contributed by atoms with Crippen LogP contribution in [0.15, 0.2) is 53.3 Å². The molecule has 0 spiro atoms. The molecule has 0 bridgehead atoms. The summed E-state index contributed by atoms with van der Waals surface area (Å²) in [7, 11) is 4.08. The molecule has 0 aliphatic rings. The van der Waals surface area contributed by atoms with Crippen molar-refractivity contribution < 1.29 is 19.2 Å². The molecule has 0 fully saturated rings. The van der Waals surface area contributed by atoms with Gasteiger partial charge in [-0.2, -0.15) is 19.2 Å². The van der Waals surface area contributed by atoms with Gasteiger partial charge in [0.2, 0.25) is 0 Å². The highest BCUT2D eigenvalue weighted by Crippen LogP contribution is 2.22. The standard InChI is InChI=1S/C12H14N2.C6H8BrN.2CO2/c1-9-7-11(8-14(9)2)10-3-5-12(13)6-4-10;1-5-3-6(7)4-8(5)2;2*2-1-3/h3-8H,13H2,1-2H3;3-4H,1-2H3;;. The molecule has 0 saturated heterocycles. The number of carbonyl (C=O) groups excluding carboxylic acids is 4. The molecular weight excluding hydrogens is 426 g/mol. The number of anilines is 1. The Labute approximate surface area is 171 Å². The third-order valence-electron chi connectivity index (χ3n) is 3.72. The Bertz CT molecular complexity index is 880. The van der Waals surface area contributed by atoms with Crippen LogP contribution >= 0.6 is 15.9 Å². The molecule has 7 nitrogen and oxygen atoms in total. The Morgan fingerprint density at radius 3 is 1.50 bits per heavy atom. The minimum Gasteiger partial charge on any atom is -0.399 e. The van der Waals surface area contributed by atoms with E-state index >= 15 is 0 Å². The third-order valence-corrected chi connectivity index (χ3v) is 4.15. The van der Waals surface area contributed by atoms with Gasteiger partial charge in [0.1, 0.15) is 0 Å². The first-order valence-electron chi connectivity index (χ1n) is 7.96. The second kappa shape index (κ2) is 13.1. The highest BCUT2D eigenvalue weighted by Gasteiger charge is 2.01. The molecule has 2 aromatic heterocycles. The number of aryl methyl sites for hydroxylation is 4. The number of aromatic nitrogens is 2. The molecule has 3 rings (SSSR count). The number of hydrogen-bond donors (Lipinski definition) is 1. The van der Waals surface area contributed by atoms with Crippen molar-refractivity contribution in [2.75, 3.05) is 5.73 Å². The van der Waals surface area contributed by atoms with Gasteiger partial charge in [-0.1, -0.05) is 12.1 Å². The quantitative estimate of drug-likeness (QED) is 0.574. The summed E-state index contributed by atoms with van der Waals surface area (Å²) in [5.41, 5.74) is 11.4. The van der Waals surface area contributed by atoms with E-state index in [0.717, 1.165) is 10.2 Å². The highest BCUT2D eigenvalue weighted by atomic mass is 79.9. The molecule has 0 saturated carbocycles. The van der Waals surface area contributed by atoms with E-state index in [2.05, 4.69) is 64.3 Å². The van der Waals surface area contributed by atoms with E-state index in [1.165, 1.54) is 22.5 Å². The largest absolute Gasteiger partial charge is 0.399 e. The van der Waals surface area contributed by atoms with Crippen LogP contribution in [0.2, 0.25) is 0 Å². The first-order valence-corrected chi connectivity index (χ1v) is 8.75. The zero-order valence-electron chi connectivity index (χ0n) is 16.1. The number of rotatable bonds is 1. The van der Waals surface area contributed by atoms with Crippen molar-refractivity contribution >= 4 is 33.9 Å². The predicted molar refractivity (Wildman–Crippen MR) is 108 cm³/mol. The molecule has 0 atom stereocenters. The lowest BCUT2D eigenvalue weighted by atomic mass is 10.1. The van der Waals surface area contributed by atoms with Gasteiger partial charge in [0, 0.05) is 48.0 Å². The molecule has 0 unspecified atom stereocenters. The molecule has 0 amide bonds. The Morgan fingerprint density at radius 1 is 0.786 bits per heavy atom. The van der Waals surface area contributed by atoms with Crippen molar-refractivity contribution in [1.29, 1.82) is 0 Å². The van der Waals surface area contributed by atoms with Crippen LogP contribution in [0.4, 0.5) is 5.69 Å². The van der Waals surface area contributed by atoms with Gasteiger partial charge < -0.3 is 14.9 Å². The molecule has 0 radical (unpaired) electrons. The van der Waals surface area contributed by atoms with E-state index in [0.29, 0.717) is 0 Å². The molecule has 1 aromatic carbocycles. The van der Waals surface area contributed by atoms with E-state index in [9.17, 15) is 0 Å². The van der Waals surface area contributed by atoms with Gasteiger partial charge in [-0.25, -0.2) is 0 Å². The molecule has 0 aliphatic carbocycles. The third kappa shape index (κ3) is 8.96. The summed E-state index contributed by atoms with van der Waals surface area (Å²) in [5, 5.41) is 0. The number of nitrogens with two attached hydrogens (primary N) is 1. The van der Waals surface area contributed by atoms with Crippen LogP contribution in [0.25, 0.3) is 11.1 Å². The van der Waals surface area contributed by atoms with E-state index < -0.39 is 0 Å². The first kappa shape index (κ1) is 24.8. The van der Waals surface area contributed by atoms with Crippen LogP contribution in [0.1, 0.15) is 11.4 Å². The van der Waals surface area contributed by atoms with Gasteiger partial charge in [-0.15, -0.1) is 0 Å². The van der Waals surface area contributed by atoms with E-state index in [4.69, 9.17) is 24.9 Å². The molecule has 0 aliphatic heterocycles. The molecular formula is C20H22BrN3O4. The molecule has 8 heteroatoms. The van der Waals surface area contributed by atoms with Crippen LogP contribution in [0, 0.1) is 13.8 Å². The molecule has 2 heterocycles. The lowest BCUT2D eigenvalue weighted by Gasteiger charge is -1.97. The van der Waals surface area contributed by atoms with Crippen molar-refractivity contribution in [3.05, 3.63) is 64.7 Å². The fourth-order valence-corrected chi connectivity index (χ4v) is 2.77. The summed E-state index contributed by atoms with van der Waals surface area (Å²) in [6, 6.07) is 12.2. The Balaban J connectivity index is 0.000000440. The average molecular weight is 448 g/mol. The minimum atomic E-state index is 0.250. The SMILES string of the molecule is Cc1cc(-c2ccc(N)cc2)cn1C.Cc1cc(Br)cn1C.O=C=O.O=C=O. The van der Waals surface area contributed by atoms with Gasteiger partial charge in [0.15, 0.2) is 0 Å². The van der Waals surface area contributed by atoms with Crippen molar-refractivity contribution in [3.8, 4) is 11.1 Å². The summed E-state index contributed by atoms with van der Waals surface area (Å²) < 4.78 is 5.34. The van der Waals surface area contributed by atoms with Crippen molar-refractivity contribution in [2.45, 2.75) is 13.8 Å². The maximum absolute atomic E-state index is 8.12. The Morgan fingerprint density at radius 2 is 1.21 bits per heavy atom. The van der Waals surface area contributed by atoms with Crippen LogP contribution in [0.5, 0.6) is 0 Å². The maximum atomic E-state index is 8.12. The second-order valence-electron chi connectivity index (χ2n) is 5.68. The van der Waals surface area contributed by atoms with E-state index in [-0.39, 0.29) is 12.3 Å². The maximum Gasteiger partial charge on any atom is 0.373 e. The summed E-state index contributed by atoms with van der Waals surface area (Å²) >= 11 is 3.36. The molecule has 28 heavy (non-hydrogen) atoms. The molecule has 148 valence electrons. The lowest BCUT2D eigenvalue weighted by molar-refractivity contribution is -0.193. The fourth-order valence-electron chi connectivity index (χ4n) is 2.13. The number of halogens is 1. The number of nitrogens with zero attached hydrogens (tertiary/aromatic N) is 2. The minimum absolute atomic E-state index is 0.250. The first-order chi connectivity index (χ1) is 13.2. The Hall–Kier alpha value is -3.18. The Kier molecular flexibility index (Phi) is 11.6. The van der Waals surface area contributed by atoms with Crippen molar-refractivity contribution in [3.63, 3.8) is 0 Å². The fraction of sp³-hybridized carbons (Fsp3) is 0.200. The summed E-state index contributed by atoms with van der Waals surface area (Å²) in [6.07, 6.45) is 4.66. The average Bonchev–Trinajstić information content (AvgIpc) is 3.11. The van der Waals surface area contributed by atoms with Gasteiger partial charge in [0.05, 0.1) is 0 Å². The predicted octanol–water partition coefficient (Wildman–Crippen LogP) is 3.51. The zero-order valence-corrected chi connectivity index (χ0v) is 17.7. The smallest absolute Gasteiger partial charge is 0.373 e. The van der Waals surface area contributed by atoms with Gasteiger partial charge in [-0.3, -0.25) is 0 Å². The number of nitrogen functional groups attached to an aromatic ring is 1. The zero-order chi connectivity index (χ0) is 21.7. The molecule has 2 N–H and O–H groups in total. The van der Waals surface area contributed by atoms with E-state index in [1.807, 2.05) is 37.5 Å². The summed E-state index contributed by atoms with van der Waals surface area (Å²) in [4.78, 5) is 32.5. The van der Waals surface area contributed by atoms with Crippen LogP contribution in [0.3, 0.4) is 0 Å². The van der Waals surface area contributed by atoms with Gasteiger partial charge in [0.25, 0.3) is 0 Å². The topological polar surface area (TPSA) is 104 Å². The second-order valence-corrected chi connectivity index (χ2v) is 6.60. The van der Waals surface area contributed by atoms with E-state index in [1.54, 1.807) is 0 Å². The summed E-state index contributed by atoms with van der Waals surface area (Å²) in [6.45, 7) is 4.17.